The zero-order valence-corrected chi connectivity index (χ0v) is 22.9. The predicted octanol–water partition coefficient (Wildman–Crippen LogP) is 5.02. The lowest BCUT2D eigenvalue weighted by Gasteiger charge is -2.63. The van der Waals surface area contributed by atoms with E-state index in [1.54, 1.807) is 19.4 Å². The van der Waals surface area contributed by atoms with Crippen molar-refractivity contribution in [1.29, 1.82) is 0 Å². The molecular weight excluding hydrogens is 440 g/mol. The average molecular weight is 489 g/mol. The summed E-state index contributed by atoms with van der Waals surface area (Å²) in [6.07, 6.45) is 7.78. The molecule has 0 amide bonds. The van der Waals surface area contributed by atoms with Crippen LogP contribution in [0.3, 0.4) is 0 Å². The standard InChI is InChI=1S/C30H48O5/c1-26(2)22-9-8-20-19(28(22,5)13-12-23(26)31)11-15-29(6)18(10-14-30(20,29)7)17-16-21(35-25(17)33)24(32)27(3,4)34/h8,17-19,21-22,24-25,32-34H,9-16H2,1-7H3/t17-,18+,19-,21+,22?,24-,25+,28+,29-,30+/m0/s1. The summed E-state index contributed by atoms with van der Waals surface area (Å²) in [6.45, 7) is 14.9. The van der Waals surface area contributed by atoms with Crippen LogP contribution < -0.4 is 0 Å². The molecule has 0 aromatic rings. The van der Waals surface area contributed by atoms with Gasteiger partial charge in [-0.2, -0.15) is 0 Å². The summed E-state index contributed by atoms with van der Waals surface area (Å²) in [6, 6.07) is 0. The van der Waals surface area contributed by atoms with Crippen molar-refractivity contribution >= 4 is 5.78 Å². The molecule has 0 radical (unpaired) electrons. The van der Waals surface area contributed by atoms with Crippen LogP contribution in [0.1, 0.15) is 99.8 Å². The number of carbonyl (C=O) groups excluding carboxylic acids is 1. The number of Topliss-reactive ketones (excluding diaryl/α,β-unsaturated/α-hetero) is 1. The van der Waals surface area contributed by atoms with Crippen molar-refractivity contribution in [2.75, 3.05) is 0 Å². The normalized spacial score (nSPS) is 50.2. The van der Waals surface area contributed by atoms with Gasteiger partial charge in [0.2, 0.25) is 0 Å². The van der Waals surface area contributed by atoms with Gasteiger partial charge in [-0.05, 0) is 92.8 Å². The second-order valence-corrected chi connectivity index (χ2v) is 14.6. The Hall–Kier alpha value is -0.750. The van der Waals surface area contributed by atoms with Crippen molar-refractivity contribution in [2.24, 2.45) is 45.3 Å². The Morgan fingerprint density at radius 3 is 2.43 bits per heavy atom. The van der Waals surface area contributed by atoms with E-state index in [-0.39, 0.29) is 27.6 Å². The van der Waals surface area contributed by atoms with Gasteiger partial charge in [-0.25, -0.2) is 0 Å². The van der Waals surface area contributed by atoms with Gasteiger partial charge in [-0.15, -0.1) is 0 Å². The molecule has 10 atom stereocenters. The third-order valence-corrected chi connectivity index (χ3v) is 12.4. The van der Waals surface area contributed by atoms with Crippen molar-refractivity contribution in [3.63, 3.8) is 0 Å². The Balaban J connectivity index is 1.44. The van der Waals surface area contributed by atoms with E-state index in [2.05, 4.69) is 40.7 Å². The van der Waals surface area contributed by atoms with E-state index in [1.165, 1.54) is 0 Å². The molecule has 1 unspecified atom stereocenters. The minimum absolute atomic E-state index is 0.0286. The number of hydrogen-bond acceptors (Lipinski definition) is 5. The van der Waals surface area contributed by atoms with Crippen LogP contribution in [0.25, 0.3) is 0 Å². The lowest BCUT2D eigenvalue weighted by Crippen LogP contribution is -2.57. The van der Waals surface area contributed by atoms with E-state index in [1.807, 2.05) is 0 Å². The van der Waals surface area contributed by atoms with E-state index in [0.717, 1.165) is 38.5 Å². The highest BCUT2D eigenvalue weighted by atomic mass is 16.6. The molecule has 0 spiro atoms. The zero-order valence-electron chi connectivity index (χ0n) is 22.9. The number of carbonyl (C=O) groups is 1. The average Bonchev–Trinajstić information content (AvgIpc) is 3.26. The van der Waals surface area contributed by atoms with Crippen molar-refractivity contribution < 1.29 is 24.9 Å². The Bertz CT molecular complexity index is 916. The van der Waals surface area contributed by atoms with Gasteiger partial charge in [0.1, 0.15) is 11.9 Å². The number of fused-ring (bicyclic) bond motifs is 5. The summed E-state index contributed by atoms with van der Waals surface area (Å²) < 4.78 is 5.86. The number of hydrogen-bond donors (Lipinski definition) is 3. The maximum atomic E-state index is 12.8. The van der Waals surface area contributed by atoms with Crippen LogP contribution in [-0.2, 0) is 9.53 Å². The van der Waals surface area contributed by atoms with Gasteiger partial charge in [0.05, 0.1) is 11.7 Å². The molecule has 5 aliphatic rings. The first kappa shape index (κ1) is 25.9. The lowest BCUT2D eigenvalue weighted by atomic mass is 9.41. The molecule has 1 aliphatic heterocycles. The van der Waals surface area contributed by atoms with Crippen LogP contribution in [0, 0.1) is 45.3 Å². The molecule has 35 heavy (non-hydrogen) atoms. The molecule has 1 saturated heterocycles. The Morgan fingerprint density at radius 2 is 1.77 bits per heavy atom. The van der Waals surface area contributed by atoms with Gasteiger partial charge in [0.25, 0.3) is 0 Å². The minimum Gasteiger partial charge on any atom is -0.388 e. The molecule has 3 saturated carbocycles. The lowest BCUT2D eigenvalue weighted by molar-refractivity contribution is -0.172. The van der Waals surface area contributed by atoms with Crippen LogP contribution in [0.15, 0.2) is 11.6 Å². The van der Waals surface area contributed by atoms with Crippen LogP contribution in [0.2, 0.25) is 0 Å². The van der Waals surface area contributed by atoms with Gasteiger partial charge < -0.3 is 20.1 Å². The Morgan fingerprint density at radius 1 is 1.09 bits per heavy atom. The molecule has 3 N–H and O–H groups in total. The SMILES string of the molecule is CC1(C)C(=O)CC[C@@]2(C)C1CC=C1[C@@H]2CC[C@@]2(C)[C@@H]([C@@H]3C[C@H]([C@H](O)C(C)(C)O)O[C@H]3O)CC[C@]12C. The summed E-state index contributed by atoms with van der Waals surface area (Å²) in [5.41, 5.74) is 0.409. The second kappa shape index (κ2) is 7.88. The van der Waals surface area contributed by atoms with Crippen LogP contribution in [0.5, 0.6) is 0 Å². The minimum atomic E-state index is -1.26. The van der Waals surface area contributed by atoms with Gasteiger partial charge in [-0.1, -0.05) is 46.3 Å². The first-order valence-corrected chi connectivity index (χ1v) is 14.0. The maximum Gasteiger partial charge on any atom is 0.158 e. The smallest absolute Gasteiger partial charge is 0.158 e. The molecule has 5 nitrogen and oxygen atoms in total. The predicted molar refractivity (Wildman–Crippen MR) is 135 cm³/mol. The van der Waals surface area contributed by atoms with E-state index < -0.39 is 24.1 Å². The highest BCUT2D eigenvalue weighted by molar-refractivity contribution is 5.85. The first-order valence-electron chi connectivity index (χ1n) is 14.0. The number of aliphatic hydroxyl groups is 3. The van der Waals surface area contributed by atoms with Crippen LogP contribution >= 0.6 is 0 Å². The van der Waals surface area contributed by atoms with Gasteiger partial charge in [0, 0.05) is 17.8 Å². The monoisotopic (exact) mass is 488 g/mol. The fourth-order valence-electron chi connectivity index (χ4n) is 9.98. The summed E-state index contributed by atoms with van der Waals surface area (Å²) in [4.78, 5) is 12.8. The van der Waals surface area contributed by atoms with Crippen LogP contribution in [-0.4, -0.2) is 45.2 Å². The van der Waals surface area contributed by atoms with Crippen molar-refractivity contribution in [3.8, 4) is 0 Å². The maximum absolute atomic E-state index is 12.8. The quantitative estimate of drug-likeness (QED) is 0.486. The molecule has 1 heterocycles. The molecule has 0 aromatic heterocycles. The summed E-state index contributed by atoms with van der Waals surface area (Å²) in [7, 11) is 0. The summed E-state index contributed by atoms with van der Waals surface area (Å²) in [5, 5.41) is 31.9. The molecular formula is C30H48O5. The summed E-state index contributed by atoms with van der Waals surface area (Å²) >= 11 is 0. The second-order valence-electron chi connectivity index (χ2n) is 14.6. The van der Waals surface area contributed by atoms with Crippen molar-refractivity contribution in [3.05, 3.63) is 11.6 Å². The molecule has 198 valence electrons. The van der Waals surface area contributed by atoms with E-state index in [0.29, 0.717) is 36.4 Å². The zero-order chi connectivity index (χ0) is 25.8. The fourth-order valence-corrected chi connectivity index (χ4v) is 9.98. The highest BCUT2D eigenvalue weighted by Gasteiger charge is 2.66. The number of ketones is 1. The number of aliphatic hydroxyl groups excluding tert-OH is 2. The van der Waals surface area contributed by atoms with Gasteiger partial charge in [0.15, 0.2) is 6.29 Å². The fraction of sp³-hybridized carbons (Fsp3) is 0.900. The van der Waals surface area contributed by atoms with E-state index in [9.17, 15) is 20.1 Å². The molecule has 0 aromatic carbocycles. The number of rotatable bonds is 3. The molecule has 5 heteroatoms. The Labute approximate surface area is 211 Å². The van der Waals surface area contributed by atoms with Crippen molar-refractivity contribution in [2.45, 2.75) is 124 Å². The van der Waals surface area contributed by atoms with E-state index >= 15 is 0 Å². The van der Waals surface area contributed by atoms with Crippen LogP contribution in [0.4, 0.5) is 0 Å². The number of ether oxygens (including phenoxy) is 1. The third kappa shape index (κ3) is 3.43. The third-order valence-electron chi connectivity index (χ3n) is 12.4. The molecule has 5 rings (SSSR count). The Kier molecular flexibility index (Phi) is 5.83. The topological polar surface area (TPSA) is 87.0 Å². The first-order chi connectivity index (χ1) is 16.1. The van der Waals surface area contributed by atoms with Crippen molar-refractivity contribution in [1.82, 2.24) is 0 Å². The molecule has 4 fully saturated rings. The molecule has 0 bridgehead atoms. The summed E-state index contributed by atoms with van der Waals surface area (Å²) in [5.74, 6) is 1.66. The largest absolute Gasteiger partial charge is 0.388 e. The molecule has 4 aliphatic carbocycles. The van der Waals surface area contributed by atoms with Gasteiger partial charge in [-0.3, -0.25) is 4.79 Å². The van der Waals surface area contributed by atoms with E-state index in [4.69, 9.17) is 4.74 Å². The van der Waals surface area contributed by atoms with Gasteiger partial charge >= 0.3 is 0 Å². The highest BCUT2D eigenvalue weighted by Crippen LogP contribution is 2.73. The number of allylic oxidation sites excluding steroid dienone is 2.